The predicted octanol–water partition coefficient (Wildman–Crippen LogP) is 2.10. The van der Waals surface area contributed by atoms with Gasteiger partial charge in [-0.3, -0.25) is 9.98 Å². The van der Waals surface area contributed by atoms with E-state index in [1.807, 2.05) is 42.6 Å². The summed E-state index contributed by atoms with van der Waals surface area (Å²) in [7, 11) is 0. The van der Waals surface area contributed by atoms with Crippen molar-refractivity contribution in [2.45, 2.75) is 13.3 Å². The molecule has 0 radical (unpaired) electrons. The van der Waals surface area contributed by atoms with Crippen molar-refractivity contribution in [3.8, 4) is 11.5 Å². The maximum atomic E-state index is 5.65. The number of hydrogen-bond donors (Lipinski definition) is 2. The largest absolute Gasteiger partial charge is 0.454 e. The summed E-state index contributed by atoms with van der Waals surface area (Å²) in [6.45, 7) is 5.08. The molecule has 0 unspecified atom stereocenters. The van der Waals surface area contributed by atoms with Crippen LogP contribution in [0, 0.1) is 0 Å². The molecule has 2 aromatic rings. The van der Waals surface area contributed by atoms with Gasteiger partial charge >= 0.3 is 0 Å². The molecule has 1 aromatic carbocycles. The van der Waals surface area contributed by atoms with Gasteiger partial charge in [-0.05, 0) is 31.2 Å². The molecule has 1 aliphatic heterocycles. The Morgan fingerprint density at radius 3 is 2.92 bits per heavy atom. The van der Waals surface area contributed by atoms with Crippen molar-refractivity contribution in [1.82, 2.24) is 9.88 Å². The number of guanidine groups is 1. The van der Waals surface area contributed by atoms with Gasteiger partial charge in [0.2, 0.25) is 6.79 Å². The number of aromatic nitrogens is 1. The smallest absolute Gasteiger partial charge is 0.231 e. The van der Waals surface area contributed by atoms with Gasteiger partial charge in [-0.1, -0.05) is 6.07 Å². The van der Waals surface area contributed by atoms with Gasteiger partial charge in [-0.15, -0.1) is 0 Å². The Balaban J connectivity index is 1.71. The quantitative estimate of drug-likeness (QED) is 0.584. The summed E-state index contributed by atoms with van der Waals surface area (Å²) >= 11 is 0. The number of pyridine rings is 1. The third-order valence-electron chi connectivity index (χ3n) is 4.06. The lowest BCUT2D eigenvalue weighted by Crippen LogP contribution is -2.38. The highest BCUT2D eigenvalue weighted by Gasteiger charge is 2.15. The van der Waals surface area contributed by atoms with Crippen LogP contribution in [0.4, 0.5) is 5.69 Å². The van der Waals surface area contributed by atoms with E-state index in [0.717, 1.165) is 48.4 Å². The fourth-order valence-corrected chi connectivity index (χ4v) is 2.70. The van der Waals surface area contributed by atoms with Crippen molar-refractivity contribution < 1.29 is 9.47 Å². The number of nitrogens with one attached hydrogen (secondary N) is 1. The SMILES string of the molecule is CCN(CCc1ccccn1)C(=NCCN)Nc1ccc2c(c1)OCO2. The number of anilines is 1. The van der Waals surface area contributed by atoms with Crippen LogP contribution in [0.5, 0.6) is 11.5 Å². The molecule has 0 atom stereocenters. The molecule has 7 nitrogen and oxygen atoms in total. The number of hydrogen-bond acceptors (Lipinski definition) is 5. The molecule has 0 saturated heterocycles. The highest BCUT2D eigenvalue weighted by molar-refractivity contribution is 5.94. The second kappa shape index (κ2) is 9.05. The summed E-state index contributed by atoms with van der Waals surface area (Å²) in [6.07, 6.45) is 2.67. The molecule has 3 N–H and O–H groups in total. The zero-order valence-electron chi connectivity index (χ0n) is 15.0. The summed E-state index contributed by atoms with van der Waals surface area (Å²) in [5.74, 6) is 2.30. The van der Waals surface area contributed by atoms with E-state index in [9.17, 15) is 0 Å². The fourth-order valence-electron chi connectivity index (χ4n) is 2.70. The molecule has 0 saturated carbocycles. The second-order valence-corrected chi connectivity index (χ2v) is 5.84. The van der Waals surface area contributed by atoms with Gasteiger partial charge in [0, 0.05) is 49.7 Å². The van der Waals surface area contributed by atoms with Gasteiger partial charge < -0.3 is 25.4 Å². The van der Waals surface area contributed by atoms with Crippen molar-refractivity contribution >= 4 is 11.6 Å². The minimum atomic E-state index is 0.262. The van der Waals surface area contributed by atoms with Crippen LogP contribution >= 0.6 is 0 Å². The van der Waals surface area contributed by atoms with E-state index in [1.165, 1.54) is 0 Å². The molecule has 0 fully saturated rings. The molecule has 3 rings (SSSR count). The maximum Gasteiger partial charge on any atom is 0.231 e. The number of likely N-dealkylation sites (N-methyl/N-ethyl adjacent to an activating group) is 1. The lowest BCUT2D eigenvalue weighted by atomic mass is 10.2. The van der Waals surface area contributed by atoms with Gasteiger partial charge in [0.25, 0.3) is 0 Å². The Morgan fingerprint density at radius 2 is 2.15 bits per heavy atom. The van der Waals surface area contributed by atoms with E-state index in [4.69, 9.17) is 15.2 Å². The Bertz CT molecular complexity index is 736. The zero-order valence-corrected chi connectivity index (χ0v) is 15.0. The highest BCUT2D eigenvalue weighted by Crippen LogP contribution is 2.34. The average molecular weight is 355 g/mol. The number of aliphatic imine (C=N–C) groups is 1. The molecule has 0 aliphatic carbocycles. The molecule has 1 aliphatic rings. The number of fused-ring (bicyclic) bond motifs is 1. The second-order valence-electron chi connectivity index (χ2n) is 5.84. The van der Waals surface area contributed by atoms with Crippen LogP contribution < -0.4 is 20.5 Å². The van der Waals surface area contributed by atoms with E-state index in [1.54, 1.807) is 0 Å². The number of benzene rings is 1. The number of rotatable bonds is 7. The minimum absolute atomic E-state index is 0.262. The lowest BCUT2D eigenvalue weighted by Gasteiger charge is -2.25. The van der Waals surface area contributed by atoms with Crippen molar-refractivity contribution in [3.63, 3.8) is 0 Å². The van der Waals surface area contributed by atoms with E-state index in [2.05, 4.69) is 27.1 Å². The Kier molecular flexibility index (Phi) is 6.27. The molecule has 26 heavy (non-hydrogen) atoms. The first-order chi connectivity index (χ1) is 12.8. The van der Waals surface area contributed by atoms with Crippen molar-refractivity contribution in [2.75, 3.05) is 38.3 Å². The molecule has 138 valence electrons. The van der Waals surface area contributed by atoms with E-state index in [-0.39, 0.29) is 6.79 Å². The van der Waals surface area contributed by atoms with Crippen molar-refractivity contribution in [3.05, 3.63) is 48.3 Å². The Morgan fingerprint density at radius 1 is 1.27 bits per heavy atom. The monoisotopic (exact) mass is 355 g/mol. The summed E-state index contributed by atoms with van der Waals surface area (Å²) in [6, 6.07) is 11.7. The van der Waals surface area contributed by atoms with E-state index in [0.29, 0.717) is 13.1 Å². The summed E-state index contributed by atoms with van der Waals surface area (Å²) in [5.41, 5.74) is 7.62. The fraction of sp³-hybridized carbons (Fsp3) is 0.368. The van der Waals surface area contributed by atoms with Crippen molar-refractivity contribution in [1.29, 1.82) is 0 Å². The van der Waals surface area contributed by atoms with Gasteiger partial charge in [-0.25, -0.2) is 0 Å². The normalized spacial score (nSPS) is 12.9. The topological polar surface area (TPSA) is 85.0 Å². The standard InChI is InChI=1S/C19H25N5O2/c1-2-24(12-8-15-5-3-4-10-21-15)19(22-11-9-20)23-16-6-7-17-18(13-16)26-14-25-17/h3-7,10,13H,2,8-9,11-12,14,20H2,1H3,(H,22,23). The van der Waals surface area contributed by atoms with Gasteiger partial charge in [-0.2, -0.15) is 0 Å². The first-order valence-corrected chi connectivity index (χ1v) is 8.86. The summed E-state index contributed by atoms with van der Waals surface area (Å²) < 4.78 is 10.8. The molecule has 7 heteroatoms. The summed E-state index contributed by atoms with van der Waals surface area (Å²) in [4.78, 5) is 11.2. The Hall–Kier alpha value is -2.80. The number of nitrogens with two attached hydrogens (primary N) is 1. The molecule has 0 spiro atoms. The third kappa shape index (κ3) is 4.64. The molecule has 1 aromatic heterocycles. The Labute approximate surface area is 153 Å². The van der Waals surface area contributed by atoms with Crippen LogP contribution in [0.2, 0.25) is 0 Å². The first kappa shape index (κ1) is 18.0. The molecular formula is C19H25N5O2. The summed E-state index contributed by atoms with van der Waals surface area (Å²) in [5, 5.41) is 3.40. The molecular weight excluding hydrogens is 330 g/mol. The first-order valence-electron chi connectivity index (χ1n) is 8.86. The van der Waals surface area contributed by atoms with Crippen molar-refractivity contribution in [2.24, 2.45) is 10.7 Å². The van der Waals surface area contributed by atoms with Crippen LogP contribution in [0.15, 0.2) is 47.6 Å². The molecule has 0 amide bonds. The zero-order chi connectivity index (χ0) is 18.2. The molecule has 2 heterocycles. The highest BCUT2D eigenvalue weighted by atomic mass is 16.7. The van der Waals surface area contributed by atoms with Gasteiger partial charge in [0.15, 0.2) is 17.5 Å². The van der Waals surface area contributed by atoms with Crippen LogP contribution in [0.25, 0.3) is 0 Å². The van der Waals surface area contributed by atoms with Crippen LogP contribution in [0.3, 0.4) is 0 Å². The van der Waals surface area contributed by atoms with E-state index >= 15 is 0 Å². The third-order valence-corrected chi connectivity index (χ3v) is 4.06. The number of ether oxygens (including phenoxy) is 2. The van der Waals surface area contributed by atoms with Crippen LogP contribution in [-0.2, 0) is 6.42 Å². The maximum absolute atomic E-state index is 5.65. The van der Waals surface area contributed by atoms with Crippen LogP contribution in [0.1, 0.15) is 12.6 Å². The predicted molar refractivity (Wildman–Crippen MR) is 103 cm³/mol. The van der Waals surface area contributed by atoms with E-state index < -0.39 is 0 Å². The number of nitrogens with zero attached hydrogens (tertiary/aromatic N) is 3. The lowest BCUT2D eigenvalue weighted by molar-refractivity contribution is 0.174. The van der Waals surface area contributed by atoms with Gasteiger partial charge in [0.1, 0.15) is 0 Å². The minimum Gasteiger partial charge on any atom is -0.454 e. The average Bonchev–Trinajstić information content (AvgIpc) is 3.15. The van der Waals surface area contributed by atoms with Gasteiger partial charge in [0.05, 0.1) is 6.54 Å². The molecule has 0 bridgehead atoms. The van der Waals surface area contributed by atoms with Crippen LogP contribution in [-0.4, -0.2) is 48.8 Å².